The Labute approximate surface area is 168 Å². The number of para-hydroxylation sites is 1. The van der Waals surface area contributed by atoms with Crippen LogP contribution in [0, 0.1) is 0 Å². The van der Waals surface area contributed by atoms with Crippen LogP contribution in [-0.2, 0) is 13.0 Å². The first kappa shape index (κ1) is 17.0. The van der Waals surface area contributed by atoms with Crippen molar-refractivity contribution in [2.45, 2.75) is 13.0 Å². The number of hydrogen-bond donors (Lipinski definition) is 2. The Bertz CT molecular complexity index is 1230. The zero-order chi connectivity index (χ0) is 19.1. The maximum absolute atomic E-state index is 12.5. The number of hydrogen-bond acceptors (Lipinski definition) is 5. The molecule has 0 atom stereocenters. The van der Waals surface area contributed by atoms with Crippen LogP contribution < -0.4 is 15.6 Å². The van der Waals surface area contributed by atoms with Crippen LogP contribution in [0.1, 0.15) is 11.1 Å². The summed E-state index contributed by atoms with van der Waals surface area (Å²) in [6, 6.07) is 13.7. The highest BCUT2D eigenvalue weighted by Gasteiger charge is 2.18. The fraction of sp³-hybridized carbons (Fsp3) is 0.150. The van der Waals surface area contributed by atoms with Gasteiger partial charge in [-0.05, 0) is 29.8 Å². The summed E-state index contributed by atoms with van der Waals surface area (Å²) in [5, 5.41) is 7.98. The second-order valence-electron chi connectivity index (χ2n) is 6.55. The van der Waals surface area contributed by atoms with E-state index in [1.54, 1.807) is 4.68 Å². The fourth-order valence-electron chi connectivity index (χ4n) is 3.42. The van der Waals surface area contributed by atoms with Gasteiger partial charge in [0.1, 0.15) is 11.1 Å². The van der Waals surface area contributed by atoms with E-state index < -0.39 is 0 Å². The minimum absolute atomic E-state index is 0.231. The van der Waals surface area contributed by atoms with Crippen molar-refractivity contribution < 1.29 is 4.74 Å². The lowest BCUT2D eigenvalue weighted by Crippen LogP contribution is -2.14. The third kappa shape index (κ3) is 2.95. The van der Waals surface area contributed by atoms with E-state index in [2.05, 4.69) is 42.4 Å². The number of benzene rings is 2. The van der Waals surface area contributed by atoms with Crippen molar-refractivity contribution in [2.75, 3.05) is 11.9 Å². The Balaban J connectivity index is 1.50. The molecule has 0 unspecified atom stereocenters. The van der Waals surface area contributed by atoms with E-state index in [0.29, 0.717) is 30.1 Å². The van der Waals surface area contributed by atoms with Crippen molar-refractivity contribution in [1.82, 2.24) is 19.7 Å². The highest BCUT2D eigenvalue weighted by Crippen LogP contribution is 2.33. The van der Waals surface area contributed by atoms with Gasteiger partial charge in [-0.3, -0.25) is 9.78 Å². The monoisotopic (exact) mass is 437 g/mol. The third-order valence-electron chi connectivity index (χ3n) is 4.71. The van der Waals surface area contributed by atoms with Gasteiger partial charge in [-0.25, -0.2) is 4.68 Å². The first-order valence-corrected chi connectivity index (χ1v) is 9.70. The molecule has 140 valence electrons. The van der Waals surface area contributed by atoms with Gasteiger partial charge in [-0.2, -0.15) is 10.1 Å². The van der Waals surface area contributed by atoms with Gasteiger partial charge in [-0.15, -0.1) is 0 Å². The highest BCUT2D eigenvalue weighted by molar-refractivity contribution is 9.10. The maximum atomic E-state index is 12.5. The third-order valence-corrected chi connectivity index (χ3v) is 5.17. The van der Waals surface area contributed by atoms with Gasteiger partial charge in [0.2, 0.25) is 5.95 Å². The maximum Gasteiger partial charge on any atom is 0.263 e. The summed E-state index contributed by atoms with van der Waals surface area (Å²) in [7, 11) is 0. The fourth-order valence-corrected chi connectivity index (χ4v) is 3.97. The van der Waals surface area contributed by atoms with E-state index in [1.807, 2.05) is 36.4 Å². The molecule has 5 rings (SSSR count). The Morgan fingerprint density at radius 2 is 2.11 bits per heavy atom. The van der Waals surface area contributed by atoms with Gasteiger partial charge in [0.05, 0.1) is 18.5 Å². The van der Waals surface area contributed by atoms with E-state index in [-0.39, 0.29) is 5.56 Å². The summed E-state index contributed by atoms with van der Waals surface area (Å²) in [5.74, 6) is 1.30. The molecule has 1 aliphatic heterocycles. The molecule has 0 spiro atoms. The van der Waals surface area contributed by atoms with Crippen molar-refractivity contribution in [3.05, 3.63) is 74.6 Å². The number of H-pyrrole nitrogens is 1. The van der Waals surface area contributed by atoms with Crippen molar-refractivity contribution >= 4 is 32.9 Å². The molecule has 2 aromatic heterocycles. The minimum atomic E-state index is -0.231. The predicted octanol–water partition coefficient (Wildman–Crippen LogP) is 3.42. The summed E-state index contributed by atoms with van der Waals surface area (Å²) in [6.45, 7) is 1.17. The molecule has 2 aromatic carbocycles. The van der Waals surface area contributed by atoms with Crippen molar-refractivity contribution in [1.29, 1.82) is 0 Å². The number of nitrogens with one attached hydrogen (secondary N) is 2. The average molecular weight is 438 g/mol. The summed E-state index contributed by atoms with van der Waals surface area (Å²) in [5.41, 5.74) is 3.32. The van der Waals surface area contributed by atoms with E-state index >= 15 is 0 Å². The van der Waals surface area contributed by atoms with Crippen LogP contribution >= 0.6 is 15.9 Å². The Hall–Kier alpha value is -3.13. The zero-order valence-corrected chi connectivity index (χ0v) is 16.4. The second kappa shape index (κ2) is 6.79. The highest BCUT2D eigenvalue weighted by atomic mass is 79.9. The van der Waals surface area contributed by atoms with Gasteiger partial charge in [0, 0.05) is 23.0 Å². The van der Waals surface area contributed by atoms with Crippen LogP contribution in [0.5, 0.6) is 5.75 Å². The number of halogens is 1. The number of rotatable bonds is 4. The lowest BCUT2D eigenvalue weighted by Gasteiger charge is -2.11. The standard InChI is InChI=1S/C20H16BrN5O2/c21-14-8-12-6-7-28-17(12)13(9-14)10-22-20-24-18-16(19(27)25-20)11-23-26(18)15-4-2-1-3-5-15/h1-5,8-9,11H,6-7,10H2,(H2,22,24,25,27). The van der Waals surface area contributed by atoms with Gasteiger partial charge in [0.15, 0.2) is 5.65 Å². The van der Waals surface area contributed by atoms with Crippen LogP contribution in [0.25, 0.3) is 16.7 Å². The largest absolute Gasteiger partial charge is 0.493 e. The second-order valence-corrected chi connectivity index (χ2v) is 7.46. The molecule has 2 N–H and O–H groups in total. The molecule has 0 radical (unpaired) electrons. The van der Waals surface area contributed by atoms with E-state index in [4.69, 9.17) is 4.74 Å². The molecule has 4 aromatic rings. The normalized spacial score (nSPS) is 12.8. The van der Waals surface area contributed by atoms with Gasteiger partial charge >= 0.3 is 0 Å². The lowest BCUT2D eigenvalue weighted by atomic mass is 10.1. The number of anilines is 1. The number of nitrogens with zero attached hydrogens (tertiary/aromatic N) is 3. The Morgan fingerprint density at radius 1 is 1.25 bits per heavy atom. The first-order chi connectivity index (χ1) is 13.7. The predicted molar refractivity (Wildman–Crippen MR) is 110 cm³/mol. The molecule has 7 nitrogen and oxygen atoms in total. The molecular weight excluding hydrogens is 422 g/mol. The molecule has 3 heterocycles. The van der Waals surface area contributed by atoms with Gasteiger partial charge in [0.25, 0.3) is 5.56 Å². The van der Waals surface area contributed by atoms with Crippen LogP contribution in [0.3, 0.4) is 0 Å². The number of aromatic amines is 1. The zero-order valence-electron chi connectivity index (χ0n) is 14.8. The topological polar surface area (TPSA) is 84.8 Å². The average Bonchev–Trinajstić information content (AvgIpc) is 3.34. The van der Waals surface area contributed by atoms with Gasteiger partial charge in [-0.1, -0.05) is 34.1 Å². The van der Waals surface area contributed by atoms with Crippen LogP contribution in [0.2, 0.25) is 0 Å². The van der Waals surface area contributed by atoms with E-state index in [9.17, 15) is 4.79 Å². The molecule has 0 bridgehead atoms. The minimum Gasteiger partial charge on any atom is -0.493 e. The summed E-state index contributed by atoms with van der Waals surface area (Å²) >= 11 is 3.55. The molecule has 0 fully saturated rings. The summed E-state index contributed by atoms with van der Waals surface area (Å²) in [6.07, 6.45) is 2.44. The SMILES string of the molecule is O=c1[nH]c(NCc2cc(Br)cc3c2OCC3)nc2c1cnn2-c1ccccc1. The van der Waals surface area contributed by atoms with E-state index in [0.717, 1.165) is 27.9 Å². The molecule has 0 amide bonds. The molecule has 28 heavy (non-hydrogen) atoms. The molecular formula is C20H16BrN5O2. The summed E-state index contributed by atoms with van der Waals surface area (Å²) < 4.78 is 8.43. The van der Waals surface area contributed by atoms with Gasteiger partial charge < -0.3 is 10.1 Å². The Morgan fingerprint density at radius 3 is 2.96 bits per heavy atom. The molecule has 8 heteroatoms. The van der Waals surface area contributed by atoms with E-state index in [1.165, 1.54) is 11.8 Å². The van der Waals surface area contributed by atoms with Crippen molar-refractivity contribution in [2.24, 2.45) is 0 Å². The van der Waals surface area contributed by atoms with Crippen LogP contribution in [0.15, 0.2) is 57.9 Å². The number of fused-ring (bicyclic) bond motifs is 2. The molecule has 0 aliphatic carbocycles. The van der Waals surface area contributed by atoms with Crippen LogP contribution in [-0.4, -0.2) is 26.4 Å². The van der Waals surface area contributed by atoms with Crippen LogP contribution in [0.4, 0.5) is 5.95 Å². The smallest absolute Gasteiger partial charge is 0.263 e. The van der Waals surface area contributed by atoms with Crippen molar-refractivity contribution in [3.8, 4) is 11.4 Å². The number of aromatic nitrogens is 4. The Kier molecular flexibility index (Phi) is 4.12. The lowest BCUT2D eigenvalue weighted by molar-refractivity contribution is 0.354. The van der Waals surface area contributed by atoms with Crippen molar-refractivity contribution in [3.63, 3.8) is 0 Å². The molecule has 1 aliphatic rings. The first-order valence-electron chi connectivity index (χ1n) is 8.90. The molecule has 0 saturated carbocycles. The summed E-state index contributed by atoms with van der Waals surface area (Å²) in [4.78, 5) is 19.8. The molecule has 0 saturated heterocycles. The quantitative estimate of drug-likeness (QED) is 0.510. The number of ether oxygens (including phenoxy) is 1.